The van der Waals surface area contributed by atoms with Crippen molar-refractivity contribution in [3.8, 4) is 0 Å². The number of halogens is 2. The van der Waals surface area contributed by atoms with E-state index in [1.807, 2.05) is 0 Å². The summed E-state index contributed by atoms with van der Waals surface area (Å²) in [5, 5.41) is 3.32. The van der Waals surface area contributed by atoms with Gasteiger partial charge in [-0.1, -0.05) is 29.3 Å². The molecule has 0 spiro atoms. The molecule has 1 fully saturated rings. The Labute approximate surface area is 109 Å². The molecule has 1 aromatic rings. The van der Waals surface area contributed by atoms with Crippen LogP contribution in [0.2, 0.25) is 10.0 Å². The monoisotopic (exact) mass is 271 g/mol. The number of ketones is 1. The van der Waals surface area contributed by atoms with Crippen molar-refractivity contribution in [3.63, 3.8) is 0 Å². The van der Waals surface area contributed by atoms with Crippen LogP contribution in [-0.4, -0.2) is 11.7 Å². The van der Waals surface area contributed by atoms with Crippen LogP contribution in [0.1, 0.15) is 19.3 Å². The standard InChI is InChI=1S/C12H11Cl2NO2/c13-8-4-2-5-9(11(8)14)15-12(17)7-3-1-6-10(7)16/h2,4-5,7H,1,3,6H2,(H,15,17). The predicted octanol–water partition coefficient (Wildman–Crippen LogP) is 3.30. The highest BCUT2D eigenvalue weighted by molar-refractivity contribution is 6.44. The van der Waals surface area contributed by atoms with Crippen LogP contribution in [0.5, 0.6) is 0 Å². The molecular weight excluding hydrogens is 261 g/mol. The van der Waals surface area contributed by atoms with E-state index in [2.05, 4.69) is 5.32 Å². The number of hydrogen-bond acceptors (Lipinski definition) is 2. The van der Waals surface area contributed by atoms with Crippen LogP contribution in [0.4, 0.5) is 5.69 Å². The van der Waals surface area contributed by atoms with Crippen LogP contribution in [0.15, 0.2) is 18.2 Å². The molecule has 1 saturated carbocycles. The van der Waals surface area contributed by atoms with Crippen molar-refractivity contribution in [2.45, 2.75) is 19.3 Å². The second-order valence-corrected chi connectivity index (χ2v) is 4.79. The van der Waals surface area contributed by atoms with Crippen LogP contribution in [0.25, 0.3) is 0 Å². The Hall–Kier alpha value is -1.06. The minimum atomic E-state index is -0.537. The van der Waals surface area contributed by atoms with E-state index in [1.165, 1.54) is 0 Å². The lowest BCUT2D eigenvalue weighted by Crippen LogP contribution is -2.25. The van der Waals surface area contributed by atoms with E-state index in [0.29, 0.717) is 28.6 Å². The number of carbonyl (C=O) groups is 2. The predicted molar refractivity (Wildman–Crippen MR) is 67.4 cm³/mol. The summed E-state index contributed by atoms with van der Waals surface area (Å²) in [5.41, 5.74) is 0.448. The summed E-state index contributed by atoms with van der Waals surface area (Å²) in [5.74, 6) is -0.831. The lowest BCUT2D eigenvalue weighted by molar-refractivity contribution is -0.129. The number of nitrogens with one attached hydrogen (secondary N) is 1. The van der Waals surface area contributed by atoms with Crippen LogP contribution in [0.3, 0.4) is 0 Å². The molecule has 1 atom stereocenters. The Morgan fingerprint density at radius 1 is 1.35 bits per heavy atom. The first kappa shape index (κ1) is 12.4. The topological polar surface area (TPSA) is 46.2 Å². The van der Waals surface area contributed by atoms with E-state index in [4.69, 9.17) is 23.2 Å². The number of amides is 1. The summed E-state index contributed by atoms with van der Waals surface area (Å²) >= 11 is 11.8. The average Bonchev–Trinajstić information content (AvgIpc) is 2.71. The van der Waals surface area contributed by atoms with E-state index < -0.39 is 5.92 Å². The van der Waals surface area contributed by atoms with Gasteiger partial charge in [-0.3, -0.25) is 9.59 Å². The Bertz CT molecular complexity index is 474. The lowest BCUT2D eigenvalue weighted by atomic mass is 10.1. The first-order valence-corrected chi connectivity index (χ1v) is 6.13. The first-order valence-electron chi connectivity index (χ1n) is 5.37. The quantitative estimate of drug-likeness (QED) is 0.839. The van der Waals surface area contributed by atoms with Crippen LogP contribution in [-0.2, 0) is 9.59 Å². The molecule has 1 aliphatic carbocycles. The van der Waals surface area contributed by atoms with Gasteiger partial charge in [-0.15, -0.1) is 0 Å². The lowest BCUT2D eigenvalue weighted by Gasteiger charge is -2.11. The summed E-state index contributed by atoms with van der Waals surface area (Å²) in [6.45, 7) is 0. The molecule has 0 aromatic heterocycles. The van der Waals surface area contributed by atoms with Gasteiger partial charge in [-0.2, -0.15) is 0 Å². The highest BCUT2D eigenvalue weighted by atomic mass is 35.5. The number of carbonyl (C=O) groups excluding carboxylic acids is 2. The molecule has 0 saturated heterocycles. The van der Waals surface area contributed by atoms with Gasteiger partial charge in [0.2, 0.25) is 5.91 Å². The van der Waals surface area contributed by atoms with Gasteiger partial charge in [0.15, 0.2) is 0 Å². The molecule has 1 N–H and O–H groups in total. The molecule has 2 rings (SSSR count). The summed E-state index contributed by atoms with van der Waals surface area (Å²) in [7, 11) is 0. The van der Waals surface area contributed by atoms with Gasteiger partial charge in [-0.25, -0.2) is 0 Å². The molecular formula is C12H11Cl2NO2. The molecule has 0 radical (unpaired) electrons. The molecule has 17 heavy (non-hydrogen) atoms. The van der Waals surface area contributed by atoms with Gasteiger partial charge in [0.25, 0.3) is 0 Å². The second-order valence-electron chi connectivity index (χ2n) is 4.00. The van der Waals surface area contributed by atoms with Crippen molar-refractivity contribution in [1.82, 2.24) is 0 Å². The van der Waals surface area contributed by atoms with Crippen LogP contribution in [0, 0.1) is 5.92 Å². The maximum absolute atomic E-state index is 11.9. The van der Waals surface area contributed by atoms with E-state index in [0.717, 1.165) is 6.42 Å². The zero-order valence-corrected chi connectivity index (χ0v) is 10.5. The largest absolute Gasteiger partial charge is 0.324 e. The Morgan fingerprint density at radius 3 is 2.76 bits per heavy atom. The zero-order valence-electron chi connectivity index (χ0n) is 9.00. The molecule has 1 aliphatic rings. The third-order valence-corrected chi connectivity index (χ3v) is 3.65. The van der Waals surface area contributed by atoms with Crippen LogP contribution >= 0.6 is 23.2 Å². The summed E-state index contributed by atoms with van der Waals surface area (Å²) < 4.78 is 0. The van der Waals surface area contributed by atoms with Crippen molar-refractivity contribution >= 4 is 40.6 Å². The number of hydrogen-bond donors (Lipinski definition) is 1. The van der Waals surface area contributed by atoms with E-state index >= 15 is 0 Å². The molecule has 5 heteroatoms. The number of anilines is 1. The van der Waals surface area contributed by atoms with Crippen molar-refractivity contribution < 1.29 is 9.59 Å². The van der Waals surface area contributed by atoms with Gasteiger partial charge < -0.3 is 5.32 Å². The van der Waals surface area contributed by atoms with Gasteiger partial charge in [0, 0.05) is 6.42 Å². The van der Waals surface area contributed by atoms with E-state index in [9.17, 15) is 9.59 Å². The van der Waals surface area contributed by atoms with Crippen LogP contribution < -0.4 is 5.32 Å². The normalized spacial score (nSPS) is 19.4. The molecule has 0 aliphatic heterocycles. The maximum Gasteiger partial charge on any atom is 0.234 e. The molecule has 1 aromatic carbocycles. The Balaban J connectivity index is 2.13. The molecule has 90 valence electrons. The first-order chi connectivity index (χ1) is 8.09. The number of rotatable bonds is 2. The minimum Gasteiger partial charge on any atom is -0.324 e. The van der Waals surface area contributed by atoms with Crippen molar-refractivity contribution in [2.75, 3.05) is 5.32 Å². The summed E-state index contributed by atoms with van der Waals surface area (Å²) in [6, 6.07) is 4.99. The van der Waals surface area contributed by atoms with Crippen molar-refractivity contribution in [1.29, 1.82) is 0 Å². The van der Waals surface area contributed by atoms with E-state index in [1.54, 1.807) is 18.2 Å². The maximum atomic E-state index is 11.9. The number of Topliss-reactive ketones (excluding diaryl/α,β-unsaturated/α-hetero) is 1. The van der Waals surface area contributed by atoms with Gasteiger partial charge >= 0.3 is 0 Å². The highest BCUT2D eigenvalue weighted by Gasteiger charge is 2.31. The Morgan fingerprint density at radius 2 is 2.12 bits per heavy atom. The van der Waals surface area contributed by atoms with Gasteiger partial charge in [0.05, 0.1) is 21.7 Å². The minimum absolute atomic E-state index is 0.000602. The molecule has 3 nitrogen and oxygen atoms in total. The number of benzene rings is 1. The second kappa shape index (κ2) is 5.07. The fraction of sp³-hybridized carbons (Fsp3) is 0.333. The van der Waals surface area contributed by atoms with E-state index in [-0.39, 0.29) is 11.7 Å². The fourth-order valence-corrected chi connectivity index (χ4v) is 2.26. The van der Waals surface area contributed by atoms with Gasteiger partial charge in [-0.05, 0) is 25.0 Å². The average molecular weight is 272 g/mol. The molecule has 0 heterocycles. The van der Waals surface area contributed by atoms with Gasteiger partial charge in [0.1, 0.15) is 5.78 Å². The SMILES string of the molecule is O=C1CCCC1C(=O)Nc1cccc(Cl)c1Cl. The third-order valence-electron chi connectivity index (χ3n) is 2.83. The Kier molecular flexibility index (Phi) is 3.69. The summed E-state index contributed by atoms with van der Waals surface area (Å²) in [6.07, 6.45) is 1.88. The third kappa shape index (κ3) is 2.61. The zero-order chi connectivity index (χ0) is 12.4. The van der Waals surface area contributed by atoms with Crippen molar-refractivity contribution in [3.05, 3.63) is 28.2 Å². The van der Waals surface area contributed by atoms with Crippen molar-refractivity contribution in [2.24, 2.45) is 5.92 Å². The molecule has 1 amide bonds. The molecule has 1 unspecified atom stereocenters. The smallest absolute Gasteiger partial charge is 0.234 e. The fourth-order valence-electron chi connectivity index (χ4n) is 1.91. The molecule has 0 bridgehead atoms. The summed E-state index contributed by atoms with van der Waals surface area (Å²) in [4.78, 5) is 23.3. The highest BCUT2D eigenvalue weighted by Crippen LogP contribution is 2.31.